The van der Waals surface area contributed by atoms with Crippen LogP contribution in [0, 0.1) is 5.92 Å². The van der Waals surface area contributed by atoms with Gasteiger partial charge in [-0.15, -0.1) is 11.8 Å². The van der Waals surface area contributed by atoms with Crippen LogP contribution in [0.5, 0.6) is 0 Å². The van der Waals surface area contributed by atoms with Gasteiger partial charge in [-0.3, -0.25) is 24.5 Å². The number of imidazole rings is 1. The van der Waals surface area contributed by atoms with Gasteiger partial charge in [-0.25, -0.2) is 9.78 Å². The van der Waals surface area contributed by atoms with Gasteiger partial charge in [0, 0.05) is 17.6 Å². The van der Waals surface area contributed by atoms with E-state index in [-0.39, 0.29) is 30.2 Å². The van der Waals surface area contributed by atoms with Gasteiger partial charge in [-0.05, 0) is 43.9 Å². The number of rotatable bonds is 7. The molecular formula is C23H26ClN5O5S. The van der Waals surface area contributed by atoms with Crippen molar-refractivity contribution in [2.75, 3.05) is 0 Å². The molecule has 12 heteroatoms. The minimum Gasteiger partial charge on any atom is -0.481 e. The van der Waals surface area contributed by atoms with Crippen molar-refractivity contribution in [3.63, 3.8) is 0 Å². The smallest absolute Gasteiger partial charge is 0.330 e. The molecule has 1 aliphatic carbocycles. The fourth-order valence-corrected chi connectivity index (χ4v) is 6.04. The van der Waals surface area contributed by atoms with Crippen LogP contribution in [-0.4, -0.2) is 47.9 Å². The van der Waals surface area contributed by atoms with E-state index in [1.165, 1.54) is 16.3 Å². The highest BCUT2D eigenvalue weighted by molar-refractivity contribution is 7.98. The zero-order valence-corrected chi connectivity index (χ0v) is 20.6. The van der Waals surface area contributed by atoms with Gasteiger partial charge in [-0.1, -0.05) is 23.7 Å². The minimum absolute atomic E-state index is 0.000456. The number of aromatic nitrogens is 4. The lowest BCUT2D eigenvalue weighted by molar-refractivity contribution is -0.143. The molecule has 0 radical (unpaired) electrons. The first-order valence-corrected chi connectivity index (χ1v) is 13.0. The monoisotopic (exact) mass is 519 g/mol. The van der Waals surface area contributed by atoms with Crippen molar-refractivity contribution in [3.05, 3.63) is 61.5 Å². The van der Waals surface area contributed by atoms with Gasteiger partial charge in [0.15, 0.2) is 16.7 Å². The lowest BCUT2D eigenvalue weighted by atomic mass is 9.84. The number of nitrogens with zero attached hydrogens (tertiary/aromatic N) is 3. The topological polar surface area (TPSA) is 131 Å². The molecule has 0 bridgehead atoms. The zero-order valence-electron chi connectivity index (χ0n) is 19.1. The Morgan fingerprint density at radius 3 is 2.74 bits per heavy atom. The number of carboxylic acid groups (broad SMARTS) is 1. The molecule has 1 aliphatic heterocycles. The standard InChI is InChI=1S/C23H26ClN5O5S/c1-2-28-17(11-35-23-25-15-9-13(21(31)32)5-8-16(15)34-23)26-19-18(28)20(30)27-22(33)29(19)10-12-3-6-14(24)7-4-12/h3-4,6-7,13,15-16,23,25H,2,5,8-11H2,1H3,(H,31,32)(H,27,30,33). The predicted molar refractivity (Wildman–Crippen MR) is 133 cm³/mol. The molecule has 1 aromatic carbocycles. The molecule has 4 atom stereocenters. The van der Waals surface area contributed by atoms with Crippen LogP contribution in [0.15, 0.2) is 33.9 Å². The Bertz CT molecular complexity index is 1370. The van der Waals surface area contributed by atoms with Gasteiger partial charge >= 0.3 is 11.7 Å². The van der Waals surface area contributed by atoms with Gasteiger partial charge in [0.25, 0.3) is 5.56 Å². The number of hydrogen-bond acceptors (Lipinski definition) is 7. The summed E-state index contributed by atoms with van der Waals surface area (Å²) in [5, 5.41) is 13.3. The Morgan fingerprint density at radius 2 is 2.03 bits per heavy atom. The van der Waals surface area contributed by atoms with E-state index in [1.807, 2.05) is 23.6 Å². The van der Waals surface area contributed by atoms with Gasteiger partial charge in [0.2, 0.25) is 0 Å². The molecule has 0 spiro atoms. The van der Waals surface area contributed by atoms with Crippen molar-refractivity contribution in [2.45, 2.75) is 62.7 Å². The summed E-state index contributed by atoms with van der Waals surface area (Å²) >= 11 is 7.48. The first kappa shape index (κ1) is 24.1. The second-order valence-corrected chi connectivity index (χ2v) is 10.3. The summed E-state index contributed by atoms with van der Waals surface area (Å²) in [5.74, 6) is 0.0193. The number of thioether (sulfide) groups is 1. The van der Waals surface area contributed by atoms with Gasteiger partial charge in [-0.2, -0.15) is 0 Å². The number of halogens is 1. The molecule has 3 aromatic rings. The number of H-pyrrole nitrogens is 1. The molecule has 3 N–H and O–H groups in total. The van der Waals surface area contributed by atoms with Gasteiger partial charge in [0.05, 0.1) is 24.3 Å². The van der Waals surface area contributed by atoms with Crippen molar-refractivity contribution >= 4 is 40.5 Å². The summed E-state index contributed by atoms with van der Waals surface area (Å²) in [6, 6.07) is 7.18. The molecular weight excluding hydrogens is 494 g/mol. The van der Waals surface area contributed by atoms with Gasteiger partial charge < -0.3 is 14.4 Å². The molecule has 2 aromatic heterocycles. The maximum Gasteiger partial charge on any atom is 0.330 e. The number of carboxylic acids is 1. The number of aliphatic carboxylic acids is 1. The number of hydrogen-bond donors (Lipinski definition) is 3. The van der Waals surface area contributed by atoms with Crippen molar-refractivity contribution in [1.29, 1.82) is 0 Å². The first-order chi connectivity index (χ1) is 16.8. The molecule has 0 amide bonds. The highest BCUT2D eigenvalue weighted by Gasteiger charge is 2.41. The summed E-state index contributed by atoms with van der Waals surface area (Å²) < 4.78 is 9.39. The summed E-state index contributed by atoms with van der Waals surface area (Å²) in [4.78, 5) is 43.9. The van der Waals surface area contributed by atoms with Crippen molar-refractivity contribution in [1.82, 2.24) is 24.4 Å². The maximum atomic E-state index is 12.7. The molecule has 5 rings (SSSR count). The second-order valence-electron chi connectivity index (χ2n) is 8.86. The van der Waals surface area contributed by atoms with E-state index in [1.54, 1.807) is 12.1 Å². The van der Waals surface area contributed by atoms with Crippen LogP contribution in [0.3, 0.4) is 0 Å². The van der Waals surface area contributed by atoms with Crippen molar-refractivity contribution in [2.24, 2.45) is 5.92 Å². The van der Waals surface area contributed by atoms with Crippen LogP contribution in [0.4, 0.5) is 0 Å². The number of carbonyl (C=O) groups is 1. The highest BCUT2D eigenvalue weighted by atomic mass is 35.5. The number of nitrogens with one attached hydrogen (secondary N) is 2. The average molecular weight is 520 g/mol. The predicted octanol–water partition coefficient (Wildman–Crippen LogP) is 2.37. The van der Waals surface area contributed by atoms with E-state index in [2.05, 4.69) is 10.3 Å². The lowest BCUT2D eigenvalue weighted by Gasteiger charge is -2.27. The van der Waals surface area contributed by atoms with Crippen LogP contribution in [0.1, 0.15) is 37.6 Å². The molecule has 10 nitrogen and oxygen atoms in total. The summed E-state index contributed by atoms with van der Waals surface area (Å²) in [6.07, 6.45) is 1.89. The quantitative estimate of drug-likeness (QED) is 0.433. The van der Waals surface area contributed by atoms with Crippen LogP contribution >= 0.6 is 23.4 Å². The van der Waals surface area contributed by atoms with Crippen LogP contribution in [0.25, 0.3) is 11.2 Å². The summed E-state index contributed by atoms with van der Waals surface area (Å²) in [6.45, 7) is 2.69. The maximum absolute atomic E-state index is 12.7. The molecule has 2 fully saturated rings. The molecule has 2 aliphatic rings. The number of benzene rings is 1. The van der Waals surface area contributed by atoms with E-state index < -0.39 is 17.2 Å². The largest absolute Gasteiger partial charge is 0.481 e. The third kappa shape index (κ3) is 4.77. The molecule has 3 heterocycles. The second kappa shape index (κ2) is 9.81. The highest BCUT2D eigenvalue weighted by Crippen LogP contribution is 2.35. The average Bonchev–Trinajstić information content (AvgIpc) is 3.42. The fourth-order valence-electron chi connectivity index (χ4n) is 4.90. The van der Waals surface area contributed by atoms with Crippen LogP contribution < -0.4 is 16.6 Å². The zero-order chi connectivity index (χ0) is 24.7. The van der Waals surface area contributed by atoms with E-state index in [4.69, 9.17) is 21.3 Å². The van der Waals surface area contributed by atoms with E-state index in [0.717, 1.165) is 5.56 Å². The van der Waals surface area contributed by atoms with E-state index in [9.17, 15) is 19.5 Å². The third-order valence-corrected chi connectivity index (χ3v) is 7.91. The van der Waals surface area contributed by atoms with Crippen LogP contribution in [0.2, 0.25) is 5.02 Å². The van der Waals surface area contributed by atoms with E-state index >= 15 is 0 Å². The third-order valence-electron chi connectivity index (χ3n) is 6.68. The molecule has 1 saturated carbocycles. The Kier molecular flexibility index (Phi) is 6.75. The Morgan fingerprint density at radius 1 is 1.26 bits per heavy atom. The Labute approximate surface area is 209 Å². The number of aromatic amines is 1. The molecule has 35 heavy (non-hydrogen) atoms. The SMILES string of the molecule is CCn1c(CSC2NC3CC(C(=O)O)CCC3O2)nc2c1c(=O)[nH]c(=O)n2Cc1ccc(Cl)cc1. The number of fused-ring (bicyclic) bond motifs is 2. The van der Waals surface area contributed by atoms with Crippen molar-refractivity contribution in [3.8, 4) is 0 Å². The summed E-state index contributed by atoms with van der Waals surface area (Å²) in [7, 11) is 0. The fraction of sp³-hybridized carbons (Fsp3) is 0.478. The lowest BCUT2D eigenvalue weighted by Crippen LogP contribution is -2.40. The molecule has 4 unspecified atom stereocenters. The number of ether oxygens (including phenoxy) is 1. The Hall–Kier alpha value is -2.60. The molecule has 1 saturated heterocycles. The van der Waals surface area contributed by atoms with Crippen LogP contribution in [-0.2, 0) is 28.4 Å². The van der Waals surface area contributed by atoms with Crippen molar-refractivity contribution < 1.29 is 14.6 Å². The Balaban J connectivity index is 1.38. The molecule has 186 valence electrons. The minimum atomic E-state index is -0.757. The first-order valence-electron chi connectivity index (χ1n) is 11.6. The van der Waals surface area contributed by atoms with Gasteiger partial charge in [0.1, 0.15) is 5.82 Å². The normalized spacial score (nSPS) is 24.1. The number of aryl methyl sites for hydroxylation is 1. The van der Waals surface area contributed by atoms with E-state index in [0.29, 0.717) is 53.6 Å². The summed E-state index contributed by atoms with van der Waals surface area (Å²) in [5.41, 5.74) is 0.272.